The van der Waals surface area contributed by atoms with Gasteiger partial charge in [0, 0.05) is 56.3 Å². The van der Waals surface area contributed by atoms with Gasteiger partial charge >= 0.3 is 0 Å². The van der Waals surface area contributed by atoms with E-state index in [1.807, 2.05) is 17.2 Å². The maximum absolute atomic E-state index is 12.2. The van der Waals surface area contributed by atoms with Crippen LogP contribution in [0.3, 0.4) is 0 Å². The molecule has 2 aliphatic heterocycles. The number of rotatable bonds is 2. The normalized spacial score (nSPS) is 27.6. The molecular weight excluding hydrogens is 276 g/mol. The molecule has 20 heavy (non-hydrogen) atoms. The Hall–Kier alpha value is -1.47. The van der Waals surface area contributed by atoms with Gasteiger partial charge in [0.1, 0.15) is 0 Å². The molecule has 6 nitrogen and oxygen atoms in total. The summed E-state index contributed by atoms with van der Waals surface area (Å²) in [6, 6.07) is 0.461. The fourth-order valence-electron chi connectivity index (χ4n) is 2.94. The molecule has 2 aliphatic rings. The number of carbonyl (C=O) groups excluding carboxylic acids is 2. The van der Waals surface area contributed by atoms with E-state index in [9.17, 15) is 9.59 Å². The van der Waals surface area contributed by atoms with Crippen LogP contribution in [0.25, 0.3) is 0 Å². The van der Waals surface area contributed by atoms with E-state index in [4.69, 9.17) is 0 Å². The van der Waals surface area contributed by atoms with Crippen LogP contribution in [-0.4, -0.2) is 64.9 Å². The smallest absolute Gasteiger partial charge is 0.282 e. The van der Waals surface area contributed by atoms with Gasteiger partial charge in [0.15, 0.2) is 5.01 Å². The minimum atomic E-state index is 0.0216. The standard InChI is InChI=1S/C13H18N4O2S/c1-9-10(8-11(18)15-9)16-3-5-17(6-4-16)13(19)12-14-2-7-20-12/h2,7,9-10H,3-6,8H2,1H3,(H,15,18). The number of nitrogens with zero attached hydrogens (tertiary/aromatic N) is 3. The maximum Gasteiger partial charge on any atom is 0.282 e. The lowest BCUT2D eigenvalue weighted by Crippen LogP contribution is -2.54. The van der Waals surface area contributed by atoms with E-state index >= 15 is 0 Å². The van der Waals surface area contributed by atoms with Crippen LogP contribution in [0.2, 0.25) is 0 Å². The number of piperazine rings is 1. The van der Waals surface area contributed by atoms with Gasteiger partial charge in [-0.25, -0.2) is 4.98 Å². The highest BCUT2D eigenvalue weighted by molar-refractivity contribution is 7.11. The lowest BCUT2D eigenvalue weighted by molar-refractivity contribution is -0.119. The summed E-state index contributed by atoms with van der Waals surface area (Å²) in [5, 5.41) is 5.33. The van der Waals surface area contributed by atoms with Crippen LogP contribution < -0.4 is 5.32 Å². The average molecular weight is 294 g/mol. The topological polar surface area (TPSA) is 65.5 Å². The summed E-state index contributed by atoms with van der Waals surface area (Å²) < 4.78 is 0. The Morgan fingerprint density at radius 2 is 2.15 bits per heavy atom. The fraction of sp³-hybridized carbons (Fsp3) is 0.615. The fourth-order valence-corrected chi connectivity index (χ4v) is 3.54. The van der Waals surface area contributed by atoms with Crippen molar-refractivity contribution in [3.8, 4) is 0 Å². The third kappa shape index (κ3) is 2.55. The summed E-state index contributed by atoms with van der Waals surface area (Å²) in [5.74, 6) is 0.150. The predicted octanol–water partition coefficient (Wildman–Crippen LogP) is 0.178. The molecular formula is C13H18N4O2S. The number of thiazole rings is 1. The van der Waals surface area contributed by atoms with Gasteiger partial charge < -0.3 is 10.2 Å². The van der Waals surface area contributed by atoms with Gasteiger partial charge in [-0.3, -0.25) is 14.5 Å². The van der Waals surface area contributed by atoms with Crippen LogP contribution in [0.5, 0.6) is 0 Å². The molecule has 3 heterocycles. The molecule has 0 aliphatic carbocycles. The van der Waals surface area contributed by atoms with Gasteiger partial charge in [0.25, 0.3) is 5.91 Å². The predicted molar refractivity (Wildman–Crippen MR) is 75.6 cm³/mol. The molecule has 0 aromatic carbocycles. The van der Waals surface area contributed by atoms with Crippen molar-refractivity contribution < 1.29 is 9.59 Å². The van der Waals surface area contributed by atoms with Crippen molar-refractivity contribution >= 4 is 23.2 Å². The largest absolute Gasteiger partial charge is 0.352 e. The van der Waals surface area contributed by atoms with Gasteiger partial charge in [-0.1, -0.05) is 0 Å². The summed E-state index contributed by atoms with van der Waals surface area (Å²) in [6.45, 7) is 5.09. The third-order valence-electron chi connectivity index (χ3n) is 4.05. The molecule has 3 rings (SSSR count). The first-order valence-corrected chi connectivity index (χ1v) is 7.75. The molecule has 2 amide bonds. The molecule has 2 saturated heterocycles. The molecule has 1 N–H and O–H groups in total. The zero-order valence-corrected chi connectivity index (χ0v) is 12.2. The third-order valence-corrected chi connectivity index (χ3v) is 4.81. The monoisotopic (exact) mass is 294 g/mol. The summed E-state index contributed by atoms with van der Waals surface area (Å²) >= 11 is 1.38. The van der Waals surface area contributed by atoms with Crippen LogP contribution in [0.1, 0.15) is 23.1 Å². The van der Waals surface area contributed by atoms with Gasteiger partial charge in [0.05, 0.1) is 0 Å². The Kier molecular flexibility index (Phi) is 3.71. The lowest BCUT2D eigenvalue weighted by Gasteiger charge is -2.38. The highest BCUT2D eigenvalue weighted by Gasteiger charge is 2.35. The molecule has 1 aromatic rings. The van der Waals surface area contributed by atoms with Crippen molar-refractivity contribution in [2.75, 3.05) is 26.2 Å². The number of carbonyl (C=O) groups is 2. The Bertz CT molecular complexity index is 496. The van der Waals surface area contributed by atoms with E-state index in [-0.39, 0.29) is 23.9 Å². The van der Waals surface area contributed by atoms with Crippen molar-refractivity contribution in [2.24, 2.45) is 0 Å². The zero-order chi connectivity index (χ0) is 14.1. The Morgan fingerprint density at radius 3 is 2.70 bits per heavy atom. The molecule has 0 bridgehead atoms. The van der Waals surface area contributed by atoms with Crippen LogP contribution in [0, 0.1) is 0 Å². The highest BCUT2D eigenvalue weighted by atomic mass is 32.1. The SMILES string of the molecule is CC1NC(=O)CC1N1CCN(C(=O)c2nccs2)CC1. The molecule has 0 radical (unpaired) electrons. The second kappa shape index (κ2) is 5.49. The van der Waals surface area contributed by atoms with E-state index < -0.39 is 0 Å². The van der Waals surface area contributed by atoms with E-state index in [0.717, 1.165) is 13.1 Å². The number of aromatic nitrogens is 1. The van der Waals surface area contributed by atoms with Gasteiger partial charge in [-0.15, -0.1) is 11.3 Å². The van der Waals surface area contributed by atoms with E-state index in [0.29, 0.717) is 24.5 Å². The van der Waals surface area contributed by atoms with E-state index in [1.54, 1.807) is 6.20 Å². The van der Waals surface area contributed by atoms with E-state index in [2.05, 4.69) is 15.2 Å². The quantitative estimate of drug-likeness (QED) is 0.845. The van der Waals surface area contributed by atoms with Crippen molar-refractivity contribution in [2.45, 2.75) is 25.4 Å². The maximum atomic E-state index is 12.2. The van der Waals surface area contributed by atoms with Crippen LogP contribution in [-0.2, 0) is 4.79 Å². The van der Waals surface area contributed by atoms with E-state index in [1.165, 1.54) is 11.3 Å². The first-order chi connectivity index (χ1) is 9.65. The van der Waals surface area contributed by atoms with Crippen LogP contribution >= 0.6 is 11.3 Å². The second-order valence-corrected chi connectivity index (χ2v) is 6.19. The summed E-state index contributed by atoms with van der Waals surface area (Å²) in [7, 11) is 0. The highest BCUT2D eigenvalue weighted by Crippen LogP contribution is 2.18. The van der Waals surface area contributed by atoms with Crippen LogP contribution in [0.15, 0.2) is 11.6 Å². The number of amides is 2. The van der Waals surface area contributed by atoms with Gasteiger partial charge in [0.2, 0.25) is 5.91 Å². The summed E-state index contributed by atoms with van der Waals surface area (Å²) in [6.07, 6.45) is 2.23. The minimum Gasteiger partial charge on any atom is -0.352 e. The minimum absolute atomic E-state index is 0.0216. The molecule has 7 heteroatoms. The average Bonchev–Trinajstić information content (AvgIpc) is 3.08. The van der Waals surface area contributed by atoms with Gasteiger partial charge in [-0.05, 0) is 6.92 Å². The lowest BCUT2D eigenvalue weighted by atomic mass is 10.1. The first-order valence-electron chi connectivity index (χ1n) is 6.87. The van der Waals surface area contributed by atoms with Crippen molar-refractivity contribution in [3.05, 3.63) is 16.6 Å². The summed E-state index contributed by atoms with van der Waals surface area (Å²) in [5.41, 5.74) is 0. The Labute approximate surface area is 121 Å². The molecule has 2 atom stereocenters. The van der Waals surface area contributed by atoms with Crippen molar-refractivity contribution in [1.29, 1.82) is 0 Å². The molecule has 0 spiro atoms. The van der Waals surface area contributed by atoms with Crippen LogP contribution in [0.4, 0.5) is 0 Å². The number of hydrogen-bond acceptors (Lipinski definition) is 5. The molecule has 1 aromatic heterocycles. The molecule has 2 unspecified atom stereocenters. The van der Waals surface area contributed by atoms with Crippen molar-refractivity contribution in [1.82, 2.24) is 20.1 Å². The molecule has 2 fully saturated rings. The second-order valence-electron chi connectivity index (χ2n) is 5.29. The zero-order valence-electron chi connectivity index (χ0n) is 11.4. The molecule has 0 saturated carbocycles. The Morgan fingerprint density at radius 1 is 1.40 bits per heavy atom. The number of nitrogens with one attached hydrogen (secondary N) is 1. The summed E-state index contributed by atoms with van der Waals surface area (Å²) in [4.78, 5) is 31.9. The van der Waals surface area contributed by atoms with Crippen molar-refractivity contribution in [3.63, 3.8) is 0 Å². The molecule has 108 valence electrons. The first kappa shape index (κ1) is 13.5. The Balaban J connectivity index is 1.57. The number of hydrogen-bond donors (Lipinski definition) is 1. The van der Waals surface area contributed by atoms with Gasteiger partial charge in [-0.2, -0.15) is 0 Å².